The molecule has 0 N–H and O–H groups in total. The molecule has 0 radical (unpaired) electrons. The molecule has 1 fully saturated rings. The van der Waals surface area contributed by atoms with E-state index in [2.05, 4.69) is 33.9 Å². The molecular formula is C14H31O4PSi. The standard InChI is InChI=1S/C14H31O4PSi/c1-8-16-19(15,17-9-2)13-10-12(11-13)18-20(6,7)14(3,4)5/h12-13H,8-11H2,1-7H3. The maximum atomic E-state index is 12.6. The van der Waals surface area contributed by atoms with Crippen LogP contribution in [0.25, 0.3) is 0 Å². The van der Waals surface area contributed by atoms with Gasteiger partial charge < -0.3 is 13.5 Å². The van der Waals surface area contributed by atoms with E-state index in [1.165, 1.54) is 0 Å². The van der Waals surface area contributed by atoms with E-state index in [1.807, 2.05) is 13.8 Å². The van der Waals surface area contributed by atoms with Crippen molar-refractivity contribution in [1.29, 1.82) is 0 Å². The van der Waals surface area contributed by atoms with Crippen molar-refractivity contribution in [2.45, 2.75) is 77.4 Å². The van der Waals surface area contributed by atoms with E-state index >= 15 is 0 Å². The van der Waals surface area contributed by atoms with Crippen LogP contribution in [-0.2, 0) is 18.0 Å². The second kappa shape index (κ2) is 6.61. The molecule has 0 atom stereocenters. The van der Waals surface area contributed by atoms with Gasteiger partial charge in [-0.2, -0.15) is 0 Å². The first-order chi connectivity index (χ1) is 9.05. The van der Waals surface area contributed by atoms with Crippen molar-refractivity contribution >= 4 is 15.9 Å². The molecule has 0 amide bonds. The van der Waals surface area contributed by atoms with Gasteiger partial charge in [-0.3, -0.25) is 4.57 Å². The van der Waals surface area contributed by atoms with Crippen LogP contribution in [0.1, 0.15) is 47.5 Å². The third-order valence-electron chi connectivity index (χ3n) is 4.40. The topological polar surface area (TPSA) is 44.8 Å². The van der Waals surface area contributed by atoms with Crippen molar-refractivity contribution in [3.05, 3.63) is 0 Å². The lowest BCUT2D eigenvalue weighted by Gasteiger charge is -2.45. The summed E-state index contributed by atoms with van der Waals surface area (Å²) in [5.41, 5.74) is 0.0113. The lowest BCUT2D eigenvalue weighted by atomic mass is 9.96. The van der Waals surface area contributed by atoms with Gasteiger partial charge in [0, 0.05) is 6.10 Å². The van der Waals surface area contributed by atoms with Gasteiger partial charge in [0.1, 0.15) is 0 Å². The number of hydrogen-bond donors (Lipinski definition) is 0. The van der Waals surface area contributed by atoms with E-state index in [9.17, 15) is 4.57 Å². The minimum Gasteiger partial charge on any atom is -0.414 e. The predicted molar refractivity (Wildman–Crippen MR) is 86.0 cm³/mol. The summed E-state index contributed by atoms with van der Waals surface area (Å²) < 4.78 is 29.8. The molecule has 1 aliphatic carbocycles. The Balaban J connectivity index is 2.55. The summed E-state index contributed by atoms with van der Waals surface area (Å²) in [6, 6.07) is 0. The van der Waals surface area contributed by atoms with Crippen LogP contribution in [0.5, 0.6) is 0 Å². The van der Waals surface area contributed by atoms with Crippen LogP contribution in [-0.4, -0.2) is 33.3 Å². The molecule has 1 saturated carbocycles. The Morgan fingerprint density at radius 3 is 1.90 bits per heavy atom. The van der Waals surface area contributed by atoms with Gasteiger partial charge in [0.25, 0.3) is 0 Å². The first kappa shape index (κ1) is 18.4. The molecule has 0 spiro atoms. The highest BCUT2D eigenvalue weighted by Crippen LogP contribution is 2.60. The van der Waals surface area contributed by atoms with Gasteiger partial charge in [0.2, 0.25) is 0 Å². The van der Waals surface area contributed by atoms with Crippen molar-refractivity contribution in [3.8, 4) is 0 Å². The van der Waals surface area contributed by atoms with Crippen LogP contribution in [0.15, 0.2) is 0 Å². The summed E-state index contributed by atoms with van der Waals surface area (Å²) in [6.45, 7) is 15.8. The third kappa shape index (κ3) is 4.17. The van der Waals surface area contributed by atoms with Crippen LogP contribution < -0.4 is 0 Å². The molecule has 120 valence electrons. The second-order valence-corrected chi connectivity index (χ2v) is 14.1. The van der Waals surface area contributed by atoms with E-state index in [4.69, 9.17) is 13.5 Å². The summed E-state index contributed by atoms with van der Waals surface area (Å²) in [5, 5.41) is 0.210. The van der Waals surface area contributed by atoms with Gasteiger partial charge in [-0.05, 0) is 44.8 Å². The summed E-state index contributed by atoms with van der Waals surface area (Å²) >= 11 is 0. The smallest absolute Gasteiger partial charge is 0.333 e. The molecule has 0 unspecified atom stereocenters. The SMILES string of the molecule is CCOP(=O)(OCC)C1CC(O[Si](C)(C)C(C)(C)C)C1. The molecule has 1 aliphatic rings. The van der Waals surface area contributed by atoms with Crippen LogP contribution >= 0.6 is 7.60 Å². The number of hydrogen-bond acceptors (Lipinski definition) is 4. The Labute approximate surface area is 125 Å². The van der Waals surface area contributed by atoms with E-state index < -0.39 is 15.9 Å². The van der Waals surface area contributed by atoms with Gasteiger partial charge in [-0.1, -0.05) is 20.8 Å². The fourth-order valence-electron chi connectivity index (χ4n) is 2.09. The predicted octanol–water partition coefficient (Wildman–Crippen LogP) is 4.81. The summed E-state index contributed by atoms with van der Waals surface area (Å²) in [6.07, 6.45) is 1.81. The Bertz CT molecular complexity index is 349. The normalized spacial score (nSPS) is 24.6. The fraction of sp³-hybridized carbons (Fsp3) is 1.00. The first-order valence-electron chi connectivity index (χ1n) is 7.62. The Morgan fingerprint density at radius 1 is 1.10 bits per heavy atom. The van der Waals surface area contributed by atoms with Crippen molar-refractivity contribution in [1.82, 2.24) is 0 Å². The maximum absolute atomic E-state index is 12.6. The van der Waals surface area contributed by atoms with E-state index in [0.29, 0.717) is 13.2 Å². The maximum Gasteiger partial charge on any atom is 0.333 e. The minimum absolute atomic E-state index is 0.0113. The lowest BCUT2D eigenvalue weighted by molar-refractivity contribution is 0.0893. The average Bonchev–Trinajstić information content (AvgIpc) is 2.21. The Kier molecular flexibility index (Phi) is 6.08. The van der Waals surface area contributed by atoms with Gasteiger partial charge in [0.05, 0.1) is 18.9 Å². The third-order valence-corrected chi connectivity index (χ3v) is 11.5. The zero-order valence-corrected chi connectivity index (χ0v) is 16.0. The van der Waals surface area contributed by atoms with E-state index in [-0.39, 0.29) is 16.8 Å². The highest BCUT2D eigenvalue weighted by molar-refractivity contribution is 7.54. The van der Waals surface area contributed by atoms with Gasteiger partial charge in [-0.15, -0.1) is 0 Å². The van der Waals surface area contributed by atoms with Gasteiger partial charge >= 0.3 is 7.60 Å². The lowest BCUT2D eigenvalue weighted by Crippen LogP contribution is -2.48. The summed E-state index contributed by atoms with van der Waals surface area (Å²) in [5.74, 6) is 0. The van der Waals surface area contributed by atoms with Crippen LogP contribution in [0, 0.1) is 0 Å². The molecule has 0 aromatic heterocycles. The van der Waals surface area contributed by atoms with Gasteiger partial charge in [0.15, 0.2) is 8.32 Å². The molecular weight excluding hydrogens is 291 g/mol. The largest absolute Gasteiger partial charge is 0.414 e. The minimum atomic E-state index is -2.93. The average molecular weight is 322 g/mol. The van der Waals surface area contributed by atoms with Crippen molar-refractivity contribution < 1.29 is 18.0 Å². The molecule has 0 bridgehead atoms. The first-order valence-corrected chi connectivity index (χ1v) is 12.1. The number of rotatable bonds is 7. The zero-order chi connectivity index (χ0) is 15.6. The van der Waals surface area contributed by atoms with Crippen LogP contribution in [0.4, 0.5) is 0 Å². The van der Waals surface area contributed by atoms with Crippen molar-refractivity contribution in [2.24, 2.45) is 0 Å². The fourth-order valence-corrected chi connectivity index (χ4v) is 5.68. The Morgan fingerprint density at radius 2 is 1.55 bits per heavy atom. The second-order valence-electron chi connectivity index (χ2n) is 7.00. The van der Waals surface area contributed by atoms with Gasteiger partial charge in [-0.25, -0.2) is 0 Å². The molecule has 4 nitrogen and oxygen atoms in total. The van der Waals surface area contributed by atoms with Crippen molar-refractivity contribution in [3.63, 3.8) is 0 Å². The molecule has 0 aromatic rings. The molecule has 20 heavy (non-hydrogen) atoms. The van der Waals surface area contributed by atoms with E-state index in [0.717, 1.165) is 12.8 Å². The van der Waals surface area contributed by atoms with E-state index in [1.54, 1.807) is 0 Å². The highest BCUT2D eigenvalue weighted by atomic mass is 31.2. The zero-order valence-electron chi connectivity index (χ0n) is 14.1. The quantitative estimate of drug-likeness (QED) is 0.498. The molecule has 0 heterocycles. The molecule has 0 saturated heterocycles. The summed E-state index contributed by atoms with van der Waals surface area (Å²) in [7, 11) is -4.67. The Hall–Kier alpha value is 0.327. The summed E-state index contributed by atoms with van der Waals surface area (Å²) in [4.78, 5) is 0. The monoisotopic (exact) mass is 322 g/mol. The molecule has 6 heteroatoms. The van der Waals surface area contributed by atoms with Crippen molar-refractivity contribution in [2.75, 3.05) is 13.2 Å². The highest BCUT2D eigenvalue weighted by Gasteiger charge is 2.48. The van der Waals surface area contributed by atoms with Crippen LogP contribution in [0.2, 0.25) is 18.1 Å². The molecule has 0 aliphatic heterocycles. The molecule has 1 rings (SSSR count). The molecule has 0 aromatic carbocycles. The van der Waals surface area contributed by atoms with Crippen LogP contribution in [0.3, 0.4) is 0 Å².